The Morgan fingerprint density at radius 2 is 2.13 bits per heavy atom. The van der Waals surface area contributed by atoms with Crippen molar-refractivity contribution < 1.29 is 23.6 Å². The highest BCUT2D eigenvalue weighted by Gasteiger charge is 2.50. The quantitative estimate of drug-likeness (QED) is 0.312. The molecule has 3 fully saturated rings. The van der Waals surface area contributed by atoms with Crippen LogP contribution in [0.4, 0.5) is 6.01 Å². The Bertz CT molecular complexity index is 1510. The van der Waals surface area contributed by atoms with E-state index in [0.29, 0.717) is 34.7 Å². The molecule has 39 heavy (non-hydrogen) atoms. The topological polar surface area (TPSA) is 102 Å². The maximum absolute atomic E-state index is 11.3. The van der Waals surface area contributed by atoms with E-state index in [1.54, 1.807) is 12.1 Å². The van der Waals surface area contributed by atoms with Crippen LogP contribution in [0.25, 0.3) is 11.1 Å². The standard InChI is InChI=1S/C29H29Cl2N3O5/c1-28(31)8-2-3-20(30)23(28)24-19(25(39-33-24)16-4-5-16)14-37-18-12-29(13-18)9-10-34(15-29)27-32-21-7-6-17(26(35)36)11-22(21)38-27/h2-3,6-8,11,16,18,23H,4-5,9-10,12-15H2,1H3,(H,35,36). The fourth-order valence-corrected chi connectivity index (χ4v) is 7.15. The number of hydrogen-bond donors (Lipinski definition) is 1. The minimum atomic E-state index is -0.982. The van der Waals surface area contributed by atoms with E-state index in [4.69, 9.17) is 36.9 Å². The molecule has 8 nitrogen and oxygen atoms in total. The zero-order valence-corrected chi connectivity index (χ0v) is 23.0. The second kappa shape index (κ2) is 9.11. The van der Waals surface area contributed by atoms with Crippen molar-refractivity contribution in [3.05, 3.63) is 64.0 Å². The number of aromatic nitrogens is 2. The third-order valence-electron chi connectivity index (χ3n) is 8.71. The number of halogens is 2. The number of oxazole rings is 1. The summed E-state index contributed by atoms with van der Waals surface area (Å²) >= 11 is 13.5. The van der Waals surface area contributed by atoms with Gasteiger partial charge in [-0.2, -0.15) is 4.98 Å². The molecule has 1 aliphatic heterocycles. The first kappa shape index (κ1) is 25.2. The van der Waals surface area contributed by atoms with E-state index in [-0.39, 0.29) is 23.0 Å². The van der Waals surface area contributed by atoms with Crippen LogP contribution in [0, 0.1) is 5.41 Å². The zero-order valence-electron chi connectivity index (χ0n) is 21.5. The molecule has 3 aromatic rings. The minimum Gasteiger partial charge on any atom is -0.478 e. The van der Waals surface area contributed by atoms with Crippen LogP contribution in [-0.4, -0.2) is 45.3 Å². The molecule has 0 radical (unpaired) electrons. The molecule has 2 saturated carbocycles. The van der Waals surface area contributed by atoms with Gasteiger partial charge in [0.05, 0.1) is 34.8 Å². The molecule has 10 heteroatoms. The summed E-state index contributed by atoms with van der Waals surface area (Å²) in [6.07, 6.45) is 11.0. The average molecular weight is 570 g/mol. The van der Waals surface area contributed by atoms with Crippen LogP contribution in [-0.2, 0) is 11.3 Å². The Morgan fingerprint density at radius 3 is 2.87 bits per heavy atom. The van der Waals surface area contributed by atoms with Crippen molar-refractivity contribution >= 4 is 46.3 Å². The molecule has 2 unspecified atom stereocenters. The summed E-state index contributed by atoms with van der Waals surface area (Å²) in [7, 11) is 0. The van der Waals surface area contributed by atoms with Crippen molar-refractivity contribution in [2.75, 3.05) is 18.0 Å². The molecule has 3 aliphatic carbocycles. The molecule has 2 aromatic heterocycles. The Kier molecular flexibility index (Phi) is 5.88. The van der Waals surface area contributed by atoms with E-state index in [1.807, 2.05) is 25.2 Å². The molecule has 3 heterocycles. The highest BCUT2D eigenvalue weighted by atomic mass is 35.5. The summed E-state index contributed by atoms with van der Waals surface area (Å²) < 4.78 is 18.2. The summed E-state index contributed by atoms with van der Waals surface area (Å²) in [6.45, 7) is 4.08. The van der Waals surface area contributed by atoms with Crippen LogP contribution >= 0.6 is 23.2 Å². The van der Waals surface area contributed by atoms with Gasteiger partial charge >= 0.3 is 5.97 Å². The van der Waals surface area contributed by atoms with E-state index < -0.39 is 10.8 Å². The molecular weight excluding hydrogens is 541 g/mol. The van der Waals surface area contributed by atoms with E-state index in [0.717, 1.165) is 62.2 Å². The first-order chi connectivity index (χ1) is 18.7. The van der Waals surface area contributed by atoms with Gasteiger partial charge in [-0.15, -0.1) is 11.6 Å². The Morgan fingerprint density at radius 1 is 1.31 bits per heavy atom. The van der Waals surface area contributed by atoms with Gasteiger partial charge in [0, 0.05) is 29.6 Å². The number of anilines is 1. The molecule has 1 N–H and O–H groups in total. The van der Waals surface area contributed by atoms with Gasteiger partial charge < -0.3 is 23.7 Å². The van der Waals surface area contributed by atoms with Gasteiger partial charge in [0.1, 0.15) is 11.3 Å². The molecule has 1 aromatic carbocycles. The molecule has 4 aliphatic rings. The van der Waals surface area contributed by atoms with Crippen LogP contribution < -0.4 is 4.90 Å². The number of hydrogen-bond acceptors (Lipinski definition) is 7. The third kappa shape index (κ3) is 4.46. The lowest BCUT2D eigenvalue weighted by molar-refractivity contribution is -0.0799. The summed E-state index contributed by atoms with van der Waals surface area (Å²) in [5.74, 6) is 0.0523. The number of allylic oxidation sites excluding steroid dienone is 4. The second-order valence-corrected chi connectivity index (χ2v) is 12.9. The molecule has 2 atom stereocenters. The van der Waals surface area contributed by atoms with Gasteiger partial charge in [0.2, 0.25) is 0 Å². The Hall–Kier alpha value is -2.81. The first-order valence-corrected chi connectivity index (χ1v) is 14.2. The van der Waals surface area contributed by atoms with Crippen molar-refractivity contribution in [2.24, 2.45) is 5.41 Å². The molecule has 204 valence electrons. The van der Waals surface area contributed by atoms with Crippen LogP contribution in [0.1, 0.15) is 78.2 Å². The number of alkyl halides is 1. The molecule has 1 spiro atoms. The molecule has 0 bridgehead atoms. The number of nitrogens with zero attached hydrogens (tertiary/aromatic N) is 3. The van der Waals surface area contributed by atoms with Crippen LogP contribution in [0.5, 0.6) is 0 Å². The fourth-order valence-electron chi connectivity index (χ4n) is 6.40. The predicted molar refractivity (Wildman–Crippen MR) is 147 cm³/mol. The van der Waals surface area contributed by atoms with E-state index in [2.05, 4.69) is 15.0 Å². The van der Waals surface area contributed by atoms with Gasteiger partial charge in [0.25, 0.3) is 6.01 Å². The normalized spacial score (nSPS) is 30.2. The monoisotopic (exact) mass is 569 g/mol. The molecular formula is C29H29Cl2N3O5. The summed E-state index contributed by atoms with van der Waals surface area (Å²) in [6, 6.07) is 5.32. The van der Waals surface area contributed by atoms with Gasteiger partial charge in [-0.25, -0.2) is 4.79 Å². The van der Waals surface area contributed by atoms with Crippen molar-refractivity contribution in [3.8, 4) is 0 Å². The van der Waals surface area contributed by atoms with E-state index in [1.165, 1.54) is 6.07 Å². The number of aromatic carboxylic acids is 1. The van der Waals surface area contributed by atoms with Crippen molar-refractivity contribution in [1.82, 2.24) is 10.1 Å². The molecule has 1 saturated heterocycles. The van der Waals surface area contributed by atoms with Crippen LogP contribution in [0.3, 0.4) is 0 Å². The number of carboxylic acids is 1. The lowest BCUT2D eigenvalue weighted by Crippen LogP contribution is -2.44. The van der Waals surface area contributed by atoms with Crippen molar-refractivity contribution in [1.29, 1.82) is 0 Å². The summed E-state index contributed by atoms with van der Waals surface area (Å²) in [5.41, 5.74) is 3.30. The Labute approximate surface area is 235 Å². The summed E-state index contributed by atoms with van der Waals surface area (Å²) in [5, 5.41) is 14.4. The lowest BCUT2D eigenvalue weighted by Gasteiger charge is -2.44. The number of benzene rings is 1. The van der Waals surface area contributed by atoms with E-state index >= 15 is 0 Å². The largest absolute Gasteiger partial charge is 0.478 e. The number of carboxylic acid groups (broad SMARTS) is 1. The Balaban J connectivity index is 1.02. The van der Waals surface area contributed by atoms with Gasteiger partial charge in [0.15, 0.2) is 5.58 Å². The predicted octanol–water partition coefficient (Wildman–Crippen LogP) is 6.74. The van der Waals surface area contributed by atoms with Gasteiger partial charge in [-0.05, 0) is 68.7 Å². The first-order valence-electron chi connectivity index (χ1n) is 13.4. The number of ether oxygens (including phenoxy) is 1. The number of rotatable bonds is 7. The highest BCUT2D eigenvalue weighted by Crippen LogP contribution is 2.52. The third-order valence-corrected chi connectivity index (χ3v) is 9.39. The van der Waals surface area contributed by atoms with Crippen LogP contribution in [0.2, 0.25) is 0 Å². The maximum Gasteiger partial charge on any atom is 0.335 e. The van der Waals surface area contributed by atoms with Crippen molar-refractivity contribution in [3.63, 3.8) is 0 Å². The van der Waals surface area contributed by atoms with Gasteiger partial charge in [-0.3, -0.25) is 0 Å². The average Bonchev–Trinajstić information content (AvgIpc) is 3.28. The lowest BCUT2D eigenvalue weighted by atomic mass is 9.66. The molecule has 0 amide bonds. The number of carbonyl (C=O) groups is 1. The van der Waals surface area contributed by atoms with Crippen LogP contribution in [0.15, 0.2) is 50.4 Å². The maximum atomic E-state index is 11.3. The fraction of sp³-hybridized carbons (Fsp3) is 0.483. The van der Waals surface area contributed by atoms with Crippen molar-refractivity contribution in [2.45, 2.75) is 68.4 Å². The van der Waals surface area contributed by atoms with Gasteiger partial charge in [-0.1, -0.05) is 28.9 Å². The molecule has 7 rings (SSSR count). The summed E-state index contributed by atoms with van der Waals surface area (Å²) in [4.78, 5) is 17.4. The number of fused-ring (bicyclic) bond motifs is 1. The second-order valence-electron chi connectivity index (χ2n) is 11.7. The smallest absolute Gasteiger partial charge is 0.335 e. The zero-order chi connectivity index (χ0) is 26.9. The minimum absolute atomic E-state index is 0.154. The highest BCUT2D eigenvalue weighted by molar-refractivity contribution is 6.33. The van der Waals surface area contributed by atoms with E-state index in [9.17, 15) is 9.90 Å². The SMILES string of the molecule is CC1(Cl)C=CC=C(Cl)C1c1noc(C2CC2)c1COC1CC2(CCN(c3nc4ccc(C(=O)O)cc4o3)C2)C1.